The van der Waals surface area contributed by atoms with Crippen molar-refractivity contribution in [3.63, 3.8) is 0 Å². The molecule has 11 aromatic rings. The zero-order valence-electron chi connectivity index (χ0n) is 32.3. The van der Waals surface area contributed by atoms with Gasteiger partial charge in [0.15, 0.2) is 0 Å². The van der Waals surface area contributed by atoms with Crippen LogP contribution in [0.3, 0.4) is 0 Å². The van der Waals surface area contributed by atoms with Crippen molar-refractivity contribution in [1.82, 2.24) is 9.55 Å². The number of fused-ring (bicyclic) bond motifs is 2. The molecule has 5 heteroatoms. The number of pyridine rings is 1. The van der Waals surface area contributed by atoms with E-state index >= 15 is 0 Å². The molecule has 0 spiro atoms. The monoisotopic (exact) mass is 763 g/mol. The lowest BCUT2D eigenvalue weighted by Crippen LogP contribution is -2.10. The van der Waals surface area contributed by atoms with Crippen molar-refractivity contribution in [2.24, 2.45) is 0 Å². The van der Waals surface area contributed by atoms with Gasteiger partial charge in [0.1, 0.15) is 0 Å². The van der Waals surface area contributed by atoms with E-state index in [9.17, 15) is 10.5 Å². The van der Waals surface area contributed by atoms with E-state index in [-0.39, 0.29) is 0 Å². The van der Waals surface area contributed by atoms with Crippen LogP contribution in [-0.2, 0) is 0 Å². The molecule has 60 heavy (non-hydrogen) atoms. The van der Waals surface area contributed by atoms with Gasteiger partial charge in [0, 0.05) is 33.4 Å². The second-order valence-electron chi connectivity index (χ2n) is 15.0. The van der Waals surface area contributed by atoms with Gasteiger partial charge in [-0.15, -0.1) is 0 Å². The Balaban J connectivity index is 1.04. The Bertz CT molecular complexity index is 3420. The molecule has 5 nitrogen and oxygen atoms in total. The standard InChI is InChI=1S/C55H33N5/c56-33-36-17-24-41(25-18-36)59(42-26-19-37(34-57)20-27-42)43-28-31-50(58-35-43)54-48-14-6-4-12-45(48)47(46-13-5-7-15-49(46)54)30-21-38-23-32-52-55-44(38)29-22-39-9-8-16-51(53(39)55)60(52)40-10-2-1-3-11-40/h1-32,35H/b30-21+. The van der Waals surface area contributed by atoms with Crippen LogP contribution < -0.4 is 4.90 Å². The zero-order valence-corrected chi connectivity index (χ0v) is 32.3. The lowest BCUT2D eigenvalue weighted by atomic mass is 9.89. The predicted molar refractivity (Wildman–Crippen MR) is 247 cm³/mol. The van der Waals surface area contributed by atoms with Crippen LogP contribution in [0.4, 0.5) is 17.1 Å². The number of hydrogen-bond acceptors (Lipinski definition) is 4. The molecular weight excluding hydrogens is 731 g/mol. The van der Waals surface area contributed by atoms with Crippen LogP contribution in [0.15, 0.2) is 188 Å². The first kappa shape index (κ1) is 34.7. The number of nitriles is 2. The second kappa shape index (κ2) is 14.1. The molecular formula is C55H33N5. The summed E-state index contributed by atoms with van der Waals surface area (Å²) in [7, 11) is 0. The highest BCUT2D eigenvalue weighted by molar-refractivity contribution is 6.26. The number of benzene rings is 9. The molecule has 0 aliphatic carbocycles. The maximum absolute atomic E-state index is 9.46. The van der Waals surface area contributed by atoms with E-state index in [1.165, 1.54) is 38.1 Å². The summed E-state index contributed by atoms with van der Waals surface area (Å²) in [6.07, 6.45) is 6.47. The third-order valence-electron chi connectivity index (χ3n) is 11.7. The van der Waals surface area contributed by atoms with Gasteiger partial charge in [-0.25, -0.2) is 0 Å². The molecule has 0 radical (unpaired) electrons. The topological polar surface area (TPSA) is 68.6 Å². The van der Waals surface area contributed by atoms with Gasteiger partial charge in [-0.3, -0.25) is 4.98 Å². The number of para-hydroxylation sites is 1. The Labute approximate surface area is 346 Å². The van der Waals surface area contributed by atoms with Crippen molar-refractivity contribution in [2.45, 2.75) is 0 Å². The lowest BCUT2D eigenvalue weighted by molar-refractivity contribution is 1.18. The van der Waals surface area contributed by atoms with Crippen molar-refractivity contribution < 1.29 is 0 Å². The SMILES string of the molecule is N#Cc1ccc(N(c2ccc(C#N)cc2)c2ccc(-c3c4ccccc4c(/C=C/c4ccc5c6c4ccc4cccc(c46)n5-c4ccccc4)c4ccccc34)nc2)cc1. The third-order valence-corrected chi connectivity index (χ3v) is 11.7. The predicted octanol–water partition coefficient (Wildman–Crippen LogP) is 14.1. The number of hydrogen-bond donors (Lipinski definition) is 0. The van der Waals surface area contributed by atoms with Gasteiger partial charge < -0.3 is 9.47 Å². The molecule has 278 valence electrons. The zero-order chi connectivity index (χ0) is 40.2. The molecule has 0 aliphatic heterocycles. The largest absolute Gasteiger partial charge is 0.309 e. The van der Waals surface area contributed by atoms with Crippen LogP contribution in [0, 0.1) is 22.7 Å². The molecule has 0 saturated carbocycles. The van der Waals surface area contributed by atoms with E-state index in [0.29, 0.717) is 11.1 Å². The summed E-state index contributed by atoms with van der Waals surface area (Å²) in [6.45, 7) is 0. The van der Waals surface area contributed by atoms with Gasteiger partial charge in [0.25, 0.3) is 0 Å². The minimum Gasteiger partial charge on any atom is -0.309 e. The summed E-state index contributed by atoms with van der Waals surface area (Å²) in [4.78, 5) is 7.23. The molecule has 0 unspecified atom stereocenters. The summed E-state index contributed by atoms with van der Waals surface area (Å²) in [5, 5.41) is 28.5. The number of aromatic nitrogens is 2. The van der Waals surface area contributed by atoms with E-state index < -0.39 is 0 Å². The van der Waals surface area contributed by atoms with E-state index in [1.54, 1.807) is 0 Å². The Morgan fingerprint density at radius 1 is 0.467 bits per heavy atom. The van der Waals surface area contributed by atoms with Gasteiger partial charge in [-0.05, 0) is 128 Å². The van der Waals surface area contributed by atoms with Crippen molar-refractivity contribution in [2.75, 3.05) is 4.90 Å². The number of rotatable bonds is 7. The van der Waals surface area contributed by atoms with Gasteiger partial charge in [-0.2, -0.15) is 10.5 Å². The van der Waals surface area contributed by atoms with Crippen LogP contribution >= 0.6 is 0 Å². The fourth-order valence-electron chi connectivity index (χ4n) is 8.99. The fraction of sp³-hybridized carbons (Fsp3) is 0. The Morgan fingerprint density at radius 3 is 1.68 bits per heavy atom. The van der Waals surface area contributed by atoms with Crippen LogP contribution in [0.5, 0.6) is 0 Å². The van der Waals surface area contributed by atoms with Crippen LogP contribution in [-0.4, -0.2) is 9.55 Å². The first-order valence-electron chi connectivity index (χ1n) is 19.9. The van der Waals surface area contributed by atoms with Gasteiger partial charge in [0.05, 0.1) is 51.9 Å². The lowest BCUT2D eigenvalue weighted by Gasteiger charge is -2.25. The van der Waals surface area contributed by atoms with Crippen LogP contribution in [0.25, 0.3) is 83.2 Å². The molecule has 0 bridgehead atoms. The Hall–Kier alpha value is -8.51. The maximum atomic E-state index is 9.46. The van der Waals surface area contributed by atoms with Crippen molar-refractivity contribution >= 4 is 83.3 Å². The molecule has 0 amide bonds. The van der Waals surface area contributed by atoms with Crippen LogP contribution in [0.2, 0.25) is 0 Å². The number of anilines is 3. The summed E-state index contributed by atoms with van der Waals surface area (Å²) in [5.74, 6) is 0. The molecule has 0 fully saturated rings. The van der Waals surface area contributed by atoms with Crippen molar-refractivity contribution in [3.05, 3.63) is 210 Å². The first-order valence-corrected chi connectivity index (χ1v) is 19.9. The summed E-state index contributed by atoms with van der Waals surface area (Å²) in [6, 6.07) is 67.1. The van der Waals surface area contributed by atoms with Gasteiger partial charge in [0.2, 0.25) is 0 Å². The molecule has 2 heterocycles. The van der Waals surface area contributed by atoms with Gasteiger partial charge >= 0.3 is 0 Å². The maximum Gasteiger partial charge on any atom is 0.0991 e. The molecule has 0 atom stereocenters. The van der Waals surface area contributed by atoms with E-state index in [1.807, 2.05) is 54.7 Å². The highest BCUT2D eigenvalue weighted by Gasteiger charge is 2.20. The molecule has 0 N–H and O–H groups in total. The third kappa shape index (κ3) is 5.57. The van der Waals surface area contributed by atoms with E-state index in [2.05, 4.69) is 167 Å². The smallest absolute Gasteiger partial charge is 0.0991 e. The molecule has 0 aliphatic rings. The molecule has 2 aromatic heterocycles. The first-order chi connectivity index (χ1) is 29.7. The Morgan fingerprint density at radius 2 is 1.07 bits per heavy atom. The number of nitrogens with zero attached hydrogens (tertiary/aromatic N) is 5. The summed E-state index contributed by atoms with van der Waals surface area (Å²) in [5.41, 5.74) is 11.6. The fourth-order valence-corrected chi connectivity index (χ4v) is 8.99. The van der Waals surface area contributed by atoms with Crippen molar-refractivity contribution in [3.8, 4) is 29.1 Å². The minimum atomic E-state index is 0.585. The molecule has 0 saturated heterocycles. The summed E-state index contributed by atoms with van der Waals surface area (Å²) < 4.78 is 2.38. The normalized spacial score (nSPS) is 11.6. The highest BCUT2D eigenvalue weighted by atomic mass is 15.1. The average Bonchev–Trinajstić information content (AvgIpc) is 3.66. The van der Waals surface area contributed by atoms with Gasteiger partial charge in [-0.1, -0.05) is 109 Å². The Kier molecular flexibility index (Phi) is 8.19. The highest BCUT2D eigenvalue weighted by Crippen LogP contribution is 2.43. The molecule has 9 aromatic carbocycles. The van der Waals surface area contributed by atoms with E-state index in [0.717, 1.165) is 61.1 Å². The average molecular weight is 764 g/mol. The minimum absolute atomic E-state index is 0.585. The van der Waals surface area contributed by atoms with E-state index in [4.69, 9.17) is 4.98 Å². The quantitative estimate of drug-likeness (QED) is 0.0921. The van der Waals surface area contributed by atoms with Crippen LogP contribution in [0.1, 0.15) is 22.3 Å². The molecule has 11 rings (SSSR count). The summed E-state index contributed by atoms with van der Waals surface area (Å²) >= 11 is 0. The van der Waals surface area contributed by atoms with Crippen molar-refractivity contribution in [1.29, 1.82) is 10.5 Å². The second-order valence-corrected chi connectivity index (χ2v) is 15.0.